The lowest BCUT2D eigenvalue weighted by molar-refractivity contribution is 0.0951. The maximum atomic E-state index is 12.3. The molecule has 6 heteroatoms. The summed E-state index contributed by atoms with van der Waals surface area (Å²) in [5.41, 5.74) is 1.27. The SMILES string of the molecule is Cc1ncoc1C(=O)[C@H](C#N)c1nc2ccccc2s1. The number of Topliss-reactive ketones (excluding diaryl/α,β-unsaturated/α-hetero) is 1. The van der Waals surface area contributed by atoms with Crippen LogP contribution in [0.1, 0.15) is 27.2 Å². The van der Waals surface area contributed by atoms with Gasteiger partial charge in [0, 0.05) is 0 Å². The predicted octanol–water partition coefficient (Wildman–Crippen LogP) is 3.08. The first-order valence-corrected chi connectivity index (χ1v) is 6.71. The van der Waals surface area contributed by atoms with E-state index in [-0.39, 0.29) is 5.76 Å². The molecule has 0 amide bonds. The van der Waals surface area contributed by atoms with Crippen molar-refractivity contribution in [2.24, 2.45) is 0 Å². The minimum absolute atomic E-state index is 0.121. The average molecular weight is 283 g/mol. The Hall–Kier alpha value is -2.52. The van der Waals surface area contributed by atoms with Crippen molar-refractivity contribution in [3.05, 3.63) is 47.1 Å². The maximum absolute atomic E-state index is 12.3. The van der Waals surface area contributed by atoms with Gasteiger partial charge in [-0.05, 0) is 19.1 Å². The second-order valence-electron chi connectivity index (χ2n) is 4.21. The van der Waals surface area contributed by atoms with E-state index >= 15 is 0 Å². The highest BCUT2D eigenvalue weighted by Gasteiger charge is 2.29. The largest absolute Gasteiger partial charge is 0.440 e. The van der Waals surface area contributed by atoms with Gasteiger partial charge in [-0.15, -0.1) is 11.3 Å². The zero-order valence-corrected chi connectivity index (χ0v) is 11.3. The number of carbonyl (C=O) groups is 1. The zero-order chi connectivity index (χ0) is 14.1. The van der Waals surface area contributed by atoms with Crippen molar-refractivity contribution in [1.82, 2.24) is 9.97 Å². The molecule has 1 atom stereocenters. The number of nitriles is 1. The smallest absolute Gasteiger partial charge is 0.224 e. The van der Waals surface area contributed by atoms with E-state index in [0.29, 0.717) is 10.7 Å². The Morgan fingerprint density at radius 1 is 1.45 bits per heavy atom. The van der Waals surface area contributed by atoms with Crippen LogP contribution in [-0.4, -0.2) is 15.8 Å². The van der Waals surface area contributed by atoms with Crippen molar-refractivity contribution in [2.45, 2.75) is 12.8 Å². The van der Waals surface area contributed by atoms with Gasteiger partial charge in [-0.3, -0.25) is 4.79 Å². The van der Waals surface area contributed by atoms with Gasteiger partial charge in [0.05, 0.1) is 22.0 Å². The molecule has 0 aliphatic rings. The fraction of sp³-hybridized carbons (Fsp3) is 0.143. The van der Waals surface area contributed by atoms with Gasteiger partial charge in [0.2, 0.25) is 5.78 Å². The van der Waals surface area contributed by atoms with Crippen molar-refractivity contribution in [3.63, 3.8) is 0 Å². The first-order chi connectivity index (χ1) is 9.70. The standard InChI is InChI=1S/C14H9N3O2S/c1-8-13(19-7-16-8)12(18)9(6-15)14-17-10-4-2-3-5-11(10)20-14/h2-5,7,9H,1H3/t9-/m0/s1. The Labute approximate surface area is 118 Å². The van der Waals surface area contributed by atoms with E-state index in [1.807, 2.05) is 30.3 Å². The first-order valence-electron chi connectivity index (χ1n) is 5.90. The van der Waals surface area contributed by atoms with Crippen LogP contribution in [0, 0.1) is 18.3 Å². The molecule has 0 saturated heterocycles. The van der Waals surface area contributed by atoms with E-state index in [1.54, 1.807) is 6.92 Å². The minimum Gasteiger partial charge on any atom is -0.440 e. The van der Waals surface area contributed by atoms with Crippen molar-refractivity contribution in [1.29, 1.82) is 5.26 Å². The maximum Gasteiger partial charge on any atom is 0.224 e. The van der Waals surface area contributed by atoms with Crippen LogP contribution in [0.5, 0.6) is 0 Å². The summed E-state index contributed by atoms with van der Waals surface area (Å²) < 4.78 is 6.02. The van der Waals surface area contributed by atoms with Gasteiger partial charge in [0.1, 0.15) is 5.01 Å². The van der Waals surface area contributed by atoms with Gasteiger partial charge < -0.3 is 4.42 Å². The lowest BCUT2D eigenvalue weighted by Crippen LogP contribution is -2.11. The molecule has 0 aliphatic carbocycles. The predicted molar refractivity (Wildman–Crippen MR) is 73.5 cm³/mol. The summed E-state index contributed by atoms with van der Waals surface area (Å²) in [6.45, 7) is 1.67. The number of aromatic nitrogens is 2. The van der Waals surface area contributed by atoms with Crippen molar-refractivity contribution in [3.8, 4) is 6.07 Å². The molecule has 0 unspecified atom stereocenters. The molecule has 0 radical (unpaired) electrons. The normalized spacial score (nSPS) is 12.2. The molecule has 5 nitrogen and oxygen atoms in total. The first kappa shape index (κ1) is 12.5. The Morgan fingerprint density at radius 2 is 2.25 bits per heavy atom. The monoisotopic (exact) mass is 283 g/mol. The molecule has 0 aliphatic heterocycles. The van der Waals surface area contributed by atoms with E-state index in [4.69, 9.17) is 4.42 Å². The van der Waals surface area contributed by atoms with Gasteiger partial charge >= 0.3 is 0 Å². The number of para-hydroxylation sites is 1. The van der Waals surface area contributed by atoms with E-state index in [9.17, 15) is 10.1 Å². The van der Waals surface area contributed by atoms with Crippen LogP contribution in [0.25, 0.3) is 10.2 Å². The van der Waals surface area contributed by atoms with Crippen LogP contribution >= 0.6 is 11.3 Å². The number of hydrogen-bond donors (Lipinski definition) is 0. The van der Waals surface area contributed by atoms with Crippen LogP contribution in [0.2, 0.25) is 0 Å². The molecule has 0 fully saturated rings. The lowest BCUT2D eigenvalue weighted by Gasteiger charge is -2.02. The number of thiazole rings is 1. The molecule has 3 aromatic rings. The number of hydrogen-bond acceptors (Lipinski definition) is 6. The third-order valence-electron chi connectivity index (χ3n) is 2.92. The summed E-state index contributed by atoms with van der Waals surface area (Å²) >= 11 is 1.34. The molecule has 0 bridgehead atoms. The van der Waals surface area contributed by atoms with Crippen molar-refractivity contribution < 1.29 is 9.21 Å². The van der Waals surface area contributed by atoms with E-state index in [2.05, 4.69) is 9.97 Å². The van der Waals surface area contributed by atoms with E-state index in [0.717, 1.165) is 10.2 Å². The Bertz CT molecular complexity index is 795. The molecular weight excluding hydrogens is 274 g/mol. The summed E-state index contributed by atoms with van der Waals surface area (Å²) in [6, 6.07) is 9.54. The highest BCUT2D eigenvalue weighted by molar-refractivity contribution is 7.18. The molecule has 98 valence electrons. The van der Waals surface area contributed by atoms with E-state index in [1.165, 1.54) is 17.7 Å². The highest BCUT2D eigenvalue weighted by atomic mass is 32.1. The Balaban J connectivity index is 2.04. The van der Waals surface area contributed by atoms with Crippen molar-refractivity contribution >= 4 is 27.3 Å². The average Bonchev–Trinajstić information content (AvgIpc) is 3.05. The molecule has 0 N–H and O–H groups in total. The number of nitrogens with zero attached hydrogens (tertiary/aromatic N) is 3. The quantitative estimate of drug-likeness (QED) is 0.690. The van der Waals surface area contributed by atoms with Crippen LogP contribution in [-0.2, 0) is 0 Å². The number of carbonyl (C=O) groups excluding carboxylic acids is 1. The van der Waals surface area contributed by atoms with Crippen LogP contribution in [0.3, 0.4) is 0 Å². The van der Waals surface area contributed by atoms with Gasteiger partial charge in [0.15, 0.2) is 18.1 Å². The molecular formula is C14H9N3O2S. The molecule has 0 spiro atoms. The van der Waals surface area contributed by atoms with Crippen LogP contribution < -0.4 is 0 Å². The number of benzene rings is 1. The number of ketones is 1. The second kappa shape index (κ2) is 4.87. The van der Waals surface area contributed by atoms with Gasteiger partial charge in [-0.1, -0.05) is 12.1 Å². The summed E-state index contributed by atoms with van der Waals surface area (Å²) in [5, 5.41) is 9.78. The zero-order valence-electron chi connectivity index (χ0n) is 10.5. The lowest BCUT2D eigenvalue weighted by atomic mass is 10.0. The van der Waals surface area contributed by atoms with Crippen LogP contribution in [0.15, 0.2) is 35.1 Å². The molecule has 20 heavy (non-hydrogen) atoms. The van der Waals surface area contributed by atoms with Crippen molar-refractivity contribution in [2.75, 3.05) is 0 Å². The summed E-state index contributed by atoms with van der Waals surface area (Å²) in [5.74, 6) is -1.24. The van der Waals surface area contributed by atoms with E-state index < -0.39 is 11.7 Å². The molecule has 3 rings (SSSR count). The number of oxazole rings is 1. The molecule has 1 aromatic carbocycles. The third kappa shape index (κ3) is 1.98. The molecule has 2 aromatic heterocycles. The second-order valence-corrected chi connectivity index (χ2v) is 5.28. The van der Waals surface area contributed by atoms with Gasteiger partial charge in [-0.2, -0.15) is 5.26 Å². The fourth-order valence-electron chi connectivity index (χ4n) is 1.91. The molecule has 0 saturated carbocycles. The van der Waals surface area contributed by atoms with Crippen LogP contribution in [0.4, 0.5) is 0 Å². The van der Waals surface area contributed by atoms with Gasteiger partial charge in [-0.25, -0.2) is 9.97 Å². The Kier molecular flexibility index (Phi) is 3.05. The number of aryl methyl sites for hydroxylation is 1. The minimum atomic E-state index is -0.959. The third-order valence-corrected chi connectivity index (χ3v) is 4.02. The summed E-state index contributed by atoms with van der Waals surface area (Å²) in [6.07, 6.45) is 1.20. The number of rotatable bonds is 3. The fourth-order valence-corrected chi connectivity index (χ4v) is 2.92. The van der Waals surface area contributed by atoms with Gasteiger partial charge in [0.25, 0.3) is 0 Å². The summed E-state index contributed by atoms with van der Waals surface area (Å²) in [7, 11) is 0. The highest BCUT2D eigenvalue weighted by Crippen LogP contribution is 2.29. The number of fused-ring (bicyclic) bond motifs is 1. The topological polar surface area (TPSA) is 79.8 Å². The Morgan fingerprint density at radius 3 is 2.90 bits per heavy atom. The molecule has 2 heterocycles. The summed E-state index contributed by atoms with van der Waals surface area (Å²) in [4.78, 5) is 20.6.